The van der Waals surface area contributed by atoms with Gasteiger partial charge in [-0.1, -0.05) is 18.5 Å². The van der Waals surface area contributed by atoms with Crippen molar-refractivity contribution < 1.29 is 9.90 Å². The topological polar surface area (TPSA) is 49.3 Å². The Morgan fingerprint density at radius 2 is 2.35 bits per heavy atom. The Bertz CT molecular complexity index is 427. The van der Waals surface area contributed by atoms with Crippen molar-refractivity contribution in [3.05, 3.63) is 34.3 Å². The molecule has 1 aliphatic rings. The van der Waals surface area contributed by atoms with E-state index in [1.54, 1.807) is 18.2 Å². The van der Waals surface area contributed by atoms with Crippen molar-refractivity contribution in [1.82, 2.24) is 5.32 Å². The average Bonchev–Trinajstić information content (AvgIpc) is 2.80. The van der Waals surface area contributed by atoms with Crippen LogP contribution in [0.3, 0.4) is 0 Å². The third kappa shape index (κ3) is 2.61. The van der Waals surface area contributed by atoms with E-state index in [-0.39, 0.29) is 5.92 Å². The molecule has 2 N–H and O–H groups in total. The number of nitrogens with one attached hydrogen (secondary N) is 1. The lowest BCUT2D eigenvalue weighted by atomic mass is 9.84. The van der Waals surface area contributed by atoms with Gasteiger partial charge in [0.05, 0.1) is 5.56 Å². The highest BCUT2D eigenvalue weighted by molar-refractivity contribution is 6.30. The molecule has 17 heavy (non-hydrogen) atoms. The monoisotopic (exact) mass is 253 g/mol. The Kier molecular flexibility index (Phi) is 3.69. The van der Waals surface area contributed by atoms with Crippen LogP contribution in [0.5, 0.6) is 0 Å². The number of benzene rings is 1. The van der Waals surface area contributed by atoms with E-state index in [0.717, 1.165) is 25.1 Å². The van der Waals surface area contributed by atoms with Gasteiger partial charge in [-0.05, 0) is 55.1 Å². The molecule has 1 aromatic carbocycles. The van der Waals surface area contributed by atoms with Crippen LogP contribution < -0.4 is 5.32 Å². The van der Waals surface area contributed by atoms with Gasteiger partial charge in [0.25, 0.3) is 0 Å². The summed E-state index contributed by atoms with van der Waals surface area (Å²) in [5, 5.41) is 13.1. The molecule has 1 saturated heterocycles. The largest absolute Gasteiger partial charge is 0.478 e. The molecule has 4 heteroatoms. The van der Waals surface area contributed by atoms with Crippen LogP contribution in [0.4, 0.5) is 0 Å². The predicted molar refractivity (Wildman–Crippen MR) is 67.8 cm³/mol. The first-order valence-corrected chi connectivity index (χ1v) is 6.21. The molecule has 0 aromatic heterocycles. The summed E-state index contributed by atoms with van der Waals surface area (Å²) in [5.74, 6) is -0.171. The summed E-state index contributed by atoms with van der Waals surface area (Å²) >= 11 is 5.96. The maximum absolute atomic E-state index is 11.2. The molecule has 92 valence electrons. The van der Waals surface area contributed by atoms with Gasteiger partial charge >= 0.3 is 5.97 Å². The van der Waals surface area contributed by atoms with Crippen LogP contribution in [-0.2, 0) is 0 Å². The van der Waals surface area contributed by atoms with E-state index in [1.807, 2.05) is 0 Å². The summed E-state index contributed by atoms with van der Waals surface area (Å²) in [6.45, 7) is 4.04. The van der Waals surface area contributed by atoms with E-state index in [4.69, 9.17) is 11.6 Å². The SMILES string of the molecule is CC(c1cc(Cl)ccc1C(=O)O)C1CCNC1. The van der Waals surface area contributed by atoms with Crippen molar-refractivity contribution >= 4 is 17.6 Å². The average molecular weight is 254 g/mol. The zero-order valence-corrected chi connectivity index (χ0v) is 10.5. The molecule has 0 spiro atoms. The van der Waals surface area contributed by atoms with Gasteiger partial charge in [0.2, 0.25) is 0 Å². The van der Waals surface area contributed by atoms with Gasteiger partial charge in [-0.25, -0.2) is 4.79 Å². The van der Waals surface area contributed by atoms with Gasteiger partial charge in [0.15, 0.2) is 0 Å². The van der Waals surface area contributed by atoms with E-state index in [1.165, 1.54) is 0 Å². The summed E-state index contributed by atoms with van der Waals surface area (Å²) in [6.07, 6.45) is 1.09. The molecular weight excluding hydrogens is 238 g/mol. The van der Waals surface area contributed by atoms with Crippen molar-refractivity contribution in [3.8, 4) is 0 Å². The molecule has 2 atom stereocenters. The third-order valence-corrected chi connectivity index (χ3v) is 3.78. The van der Waals surface area contributed by atoms with Crippen molar-refractivity contribution in [2.24, 2.45) is 5.92 Å². The third-order valence-electron chi connectivity index (χ3n) is 3.54. The summed E-state index contributed by atoms with van der Waals surface area (Å²) in [4.78, 5) is 11.2. The van der Waals surface area contributed by atoms with Gasteiger partial charge in [0.1, 0.15) is 0 Å². The Morgan fingerprint density at radius 3 is 2.94 bits per heavy atom. The Balaban J connectivity index is 2.34. The van der Waals surface area contributed by atoms with Crippen LogP contribution >= 0.6 is 11.6 Å². The van der Waals surface area contributed by atoms with E-state index in [2.05, 4.69) is 12.2 Å². The molecule has 0 saturated carbocycles. The minimum Gasteiger partial charge on any atom is -0.478 e. The summed E-state index contributed by atoms with van der Waals surface area (Å²) < 4.78 is 0. The molecule has 3 nitrogen and oxygen atoms in total. The molecular formula is C13H16ClNO2. The molecule has 1 aliphatic heterocycles. The maximum atomic E-state index is 11.2. The Labute approximate surface area is 106 Å². The minimum absolute atomic E-state index is 0.217. The van der Waals surface area contributed by atoms with Crippen molar-refractivity contribution in [2.45, 2.75) is 19.3 Å². The number of hydrogen-bond donors (Lipinski definition) is 2. The minimum atomic E-state index is -0.880. The lowest BCUT2D eigenvalue weighted by Gasteiger charge is -2.20. The van der Waals surface area contributed by atoms with Crippen LogP contribution in [-0.4, -0.2) is 24.2 Å². The number of halogens is 1. The first kappa shape index (κ1) is 12.4. The lowest BCUT2D eigenvalue weighted by molar-refractivity contribution is 0.0695. The van der Waals surface area contributed by atoms with Gasteiger partial charge in [0, 0.05) is 5.02 Å². The number of rotatable bonds is 3. The van der Waals surface area contributed by atoms with Crippen LogP contribution in [0.15, 0.2) is 18.2 Å². The number of hydrogen-bond acceptors (Lipinski definition) is 2. The fourth-order valence-electron chi connectivity index (χ4n) is 2.46. The number of carboxylic acids is 1. The first-order valence-electron chi connectivity index (χ1n) is 5.83. The summed E-state index contributed by atoms with van der Waals surface area (Å²) in [5.41, 5.74) is 1.22. The first-order chi connectivity index (χ1) is 8.09. The summed E-state index contributed by atoms with van der Waals surface area (Å²) in [7, 11) is 0. The van der Waals surface area contributed by atoms with Gasteiger partial charge in [-0.2, -0.15) is 0 Å². The van der Waals surface area contributed by atoms with Gasteiger partial charge in [-0.3, -0.25) is 0 Å². The van der Waals surface area contributed by atoms with E-state index in [9.17, 15) is 9.90 Å². The summed E-state index contributed by atoms with van der Waals surface area (Å²) in [6, 6.07) is 5.01. The second kappa shape index (κ2) is 5.07. The number of carboxylic acid groups (broad SMARTS) is 1. The van der Waals surface area contributed by atoms with Gasteiger partial charge in [-0.15, -0.1) is 0 Å². The fourth-order valence-corrected chi connectivity index (χ4v) is 2.64. The highest BCUT2D eigenvalue weighted by atomic mass is 35.5. The molecule has 2 unspecified atom stereocenters. The number of aromatic carboxylic acids is 1. The quantitative estimate of drug-likeness (QED) is 0.871. The van der Waals surface area contributed by atoms with Crippen LogP contribution in [0.1, 0.15) is 35.2 Å². The number of carbonyl (C=O) groups is 1. The smallest absolute Gasteiger partial charge is 0.335 e. The van der Waals surface area contributed by atoms with Crippen LogP contribution in [0.2, 0.25) is 5.02 Å². The molecule has 1 heterocycles. The van der Waals surface area contributed by atoms with E-state index < -0.39 is 5.97 Å². The molecule has 1 aromatic rings. The van der Waals surface area contributed by atoms with Crippen molar-refractivity contribution in [2.75, 3.05) is 13.1 Å². The van der Waals surface area contributed by atoms with Gasteiger partial charge < -0.3 is 10.4 Å². The molecule has 0 amide bonds. The van der Waals surface area contributed by atoms with Crippen LogP contribution in [0, 0.1) is 5.92 Å². The standard InChI is InChI=1S/C13H16ClNO2/c1-8(9-4-5-15-7-9)12-6-10(14)2-3-11(12)13(16)17/h2-3,6,8-9,15H,4-5,7H2,1H3,(H,16,17). The molecule has 1 fully saturated rings. The second-order valence-corrected chi connectivity index (χ2v) is 5.01. The fraction of sp³-hybridized carbons (Fsp3) is 0.462. The molecule has 2 rings (SSSR count). The predicted octanol–water partition coefficient (Wildman–Crippen LogP) is 2.75. The molecule has 0 bridgehead atoms. The van der Waals surface area contributed by atoms with Crippen molar-refractivity contribution in [3.63, 3.8) is 0 Å². The zero-order valence-electron chi connectivity index (χ0n) is 9.74. The highest BCUT2D eigenvalue weighted by Gasteiger charge is 2.25. The Morgan fingerprint density at radius 1 is 1.59 bits per heavy atom. The normalized spacial score (nSPS) is 21.4. The maximum Gasteiger partial charge on any atom is 0.335 e. The Hall–Kier alpha value is -1.06. The lowest BCUT2D eigenvalue weighted by Crippen LogP contribution is -2.16. The molecule has 0 aliphatic carbocycles. The second-order valence-electron chi connectivity index (χ2n) is 4.58. The zero-order chi connectivity index (χ0) is 12.4. The van der Waals surface area contributed by atoms with Crippen LogP contribution in [0.25, 0.3) is 0 Å². The highest BCUT2D eigenvalue weighted by Crippen LogP contribution is 2.32. The van der Waals surface area contributed by atoms with Crippen molar-refractivity contribution in [1.29, 1.82) is 0 Å². The van der Waals surface area contributed by atoms with E-state index in [0.29, 0.717) is 16.5 Å². The van der Waals surface area contributed by atoms with E-state index >= 15 is 0 Å². The molecule has 0 radical (unpaired) electrons.